The summed E-state index contributed by atoms with van der Waals surface area (Å²) in [4.78, 5) is 33.4. The lowest BCUT2D eigenvalue weighted by Gasteiger charge is -2.34. The molecule has 2 aromatic carbocycles. The Kier molecular flexibility index (Phi) is 5.72. The minimum Gasteiger partial charge on any atom is -0.496 e. The zero-order valence-electron chi connectivity index (χ0n) is 16.4. The largest absolute Gasteiger partial charge is 0.496 e. The molecule has 3 aromatic rings. The molecule has 1 aliphatic rings. The van der Waals surface area contributed by atoms with Crippen molar-refractivity contribution in [3.8, 4) is 17.1 Å². The molecule has 1 aliphatic heterocycles. The minimum atomic E-state index is -0.247. The van der Waals surface area contributed by atoms with Crippen molar-refractivity contribution in [3.63, 3.8) is 0 Å². The number of carbonyl (C=O) groups is 2. The third kappa shape index (κ3) is 3.76. The van der Waals surface area contributed by atoms with E-state index in [2.05, 4.69) is 4.98 Å². The van der Waals surface area contributed by atoms with Crippen LogP contribution in [-0.2, 0) is 0 Å². The molecule has 0 bridgehead atoms. The molecule has 1 fully saturated rings. The van der Waals surface area contributed by atoms with Crippen molar-refractivity contribution in [1.82, 2.24) is 14.8 Å². The van der Waals surface area contributed by atoms with E-state index in [1.165, 1.54) is 13.5 Å². The highest BCUT2D eigenvalue weighted by molar-refractivity contribution is 6.33. The summed E-state index contributed by atoms with van der Waals surface area (Å²) in [5.74, 6) is 0.520. The number of aromatic nitrogens is 1. The maximum Gasteiger partial charge on any atom is 0.276 e. The van der Waals surface area contributed by atoms with Crippen molar-refractivity contribution in [2.45, 2.75) is 0 Å². The van der Waals surface area contributed by atoms with Crippen molar-refractivity contribution in [2.24, 2.45) is 0 Å². The van der Waals surface area contributed by atoms with E-state index in [0.717, 1.165) is 0 Å². The normalized spacial score (nSPS) is 13.9. The van der Waals surface area contributed by atoms with Gasteiger partial charge < -0.3 is 19.0 Å². The number of hydrogen-bond donors (Lipinski definition) is 0. The lowest BCUT2D eigenvalue weighted by atomic mass is 10.1. The summed E-state index contributed by atoms with van der Waals surface area (Å²) in [5, 5.41) is 0.482. The van der Waals surface area contributed by atoms with E-state index in [-0.39, 0.29) is 17.5 Å². The van der Waals surface area contributed by atoms with Gasteiger partial charge in [0, 0.05) is 31.7 Å². The molecule has 0 radical (unpaired) electrons. The van der Waals surface area contributed by atoms with Gasteiger partial charge in [-0.2, -0.15) is 0 Å². The Morgan fingerprint density at radius 3 is 2.30 bits per heavy atom. The van der Waals surface area contributed by atoms with E-state index < -0.39 is 0 Å². The molecule has 8 heteroatoms. The first kappa shape index (κ1) is 20.0. The Balaban J connectivity index is 1.47. The summed E-state index contributed by atoms with van der Waals surface area (Å²) in [6.07, 6.45) is 1.24. The van der Waals surface area contributed by atoms with Crippen LogP contribution in [0.4, 0.5) is 0 Å². The number of nitrogens with zero attached hydrogens (tertiary/aromatic N) is 3. The number of benzene rings is 2. The molecule has 7 nitrogen and oxygen atoms in total. The van der Waals surface area contributed by atoms with Gasteiger partial charge in [0.25, 0.3) is 11.8 Å². The predicted octanol–water partition coefficient (Wildman–Crippen LogP) is 3.60. The van der Waals surface area contributed by atoms with Crippen LogP contribution >= 0.6 is 11.6 Å². The molecule has 2 amide bonds. The molecule has 0 spiro atoms. The Bertz CT molecular complexity index is 1070. The Morgan fingerprint density at radius 2 is 1.60 bits per heavy atom. The molecule has 1 aromatic heterocycles. The molecule has 0 aliphatic carbocycles. The van der Waals surface area contributed by atoms with Crippen LogP contribution in [0.2, 0.25) is 5.02 Å². The average molecular weight is 426 g/mol. The molecule has 154 valence electrons. The van der Waals surface area contributed by atoms with Crippen molar-refractivity contribution in [2.75, 3.05) is 33.3 Å². The molecule has 30 heavy (non-hydrogen) atoms. The van der Waals surface area contributed by atoms with Crippen LogP contribution in [0.1, 0.15) is 20.8 Å². The SMILES string of the molecule is COc1ccccc1C(=O)N1CCN(C(=O)c2ncoc2-c2ccccc2Cl)CC1. The quantitative estimate of drug-likeness (QED) is 0.638. The van der Waals surface area contributed by atoms with Gasteiger partial charge in [0.2, 0.25) is 0 Å². The number of methoxy groups -OCH3 is 1. The summed E-state index contributed by atoms with van der Waals surface area (Å²) < 4.78 is 10.8. The van der Waals surface area contributed by atoms with Crippen LogP contribution < -0.4 is 4.74 Å². The van der Waals surface area contributed by atoms with Gasteiger partial charge in [-0.1, -0.05) is 35.9 Å². The van der Waals surface area contributed by atoms with Crippen LogP contribution in [0.5, 0.6) is 5.75 Å². The number of ether oxygens (including phenoxy) is 1. The van der Waals surface area contributed by atoms with E-state index in [9.17, 15) is 9.59 Å². The summed E-state index contributed by atoms with van der Waals surface area (Å²) >= 11 is 6.25. The summed E-state index contributed by atoms with van der Waals surface area (Å²) in [6.45, 7) is 1.63. The van der Waals surface area contributed by atoms with Gasteiger partial charge in [0.1, 0.15) is 5.75 Å². The van der Waals surface area contributed by atoms with Crippen molar-refractivity contribution < 1.29 is 18.7 Å². The third-order valence-electron chi connectivity index (χ3n) is 5.08. The Labute approximate surface area is 178 Å². The average Bonchev–Trinajstić information content (AvgIpc) is 3.28. The summed E-state index contributed by atoms with van der Waals surface area (Å²) in [6, 6.07) is 14.3. The van der Waals surface area contributed by atoms with E-state index in [1.54, 1.807) is 40.1 Å². The molecule has 0 N–H and O–H groups in total. The summed E-state index contributed by atoms with van der Waals surface area (Å²) in [5.41, 5.74) is 1.34. The first-order chi connectivity index (χ1) is 14.6. The number of oxazole rings is 1. The van der Waals surface area contributed by atoms with Gasteiger partial charge in [0.05, 0.1) is 17.7 Å². The fourth-order valence-corrected chi connectivity index (χ4v) is 3.71. The molecule has 2 heterocycles. The van der Waals surface area contributed by atoms with E-state index >= 15 is 0 Å². The first-order valence-corrected chi connectivity index (χ1v) is 9.88. The van der Waals surface area contributed by atoms with Crippen LogP contribution in [0.3, 0.4) is 0 Å². The second-order valence-corrected chi connectivity index (χ2v) is 7.20. The number of carbonyl (C=O) groups excluding carboxylic acids is 2. The van der Waals surface area contributed by atoms with Crippen molar-refractivity contribution in [1.29, 1.82) is 0 Å². The molecule has 0 atom stereocenters. The van der Waals surface area contributed by atoms with Crippen molar-refractivity contribution in [3.05, 3.63) is 71.2 Å². The molecular formula is C22H20ClN3O4. The molecule has 1 saturated heterocycles. The molecule has 0 saturated carbocycles. The molecule has 4 rings (SSSR count). The monoisotopic (exact) mass is 425 g/mol. The second kappa shape index (κ2) is 8.59. The van der Waals surface area contributed by atoms with E-state index in [4.69, 9.17) is 20.8 Å². The van der Waals surface area contributed by atoms with Gasteiger partial charge in [-0.3, -0.25) is 9.59 Å². The lowest BCUT2D eigenvalue weighted by Crippen LogP contribution is -2.50. The van der Waals surface area contributed by atoms with Crippen LogP contribution in [0.25, 0.3) is 11.3 Å². The lowest BCUT2D eigenvalue weighted by molar-refractivity contribution is 0.0531. The predicted molar refractivity (Wildman–Crippen MR) is 112 cm³/mol. The standard InChI is InChI=1S/C22H20ClN3O4/c1-29-18-9-5-3-7-16(18)21(27)25-10-12-26(13-11-25)22(28)19-20(30-14-24-19)15-6-2-4-8-17(15)23/h2-9,14H,10-13H2,1H3. The highest BCUT2D eigenvalue weighted by Gasteiger charge is 2.30. The van der Waals surface area contributed by atoms with E-state index in [0.29, 0.717) is 53.8 Å². The van der Waals surface area contributed by atoms with Crippen LogP contribution in [-0.4, -0.2) is 59.9 Å². The highest BCUT2D eigenvalue weighted by atomic mass is 35.5. The van der Waals surface area contributed by atoms with Gasteiger partial charge in [-0.15, -0.1) is 0 Å². The molecular weight excluding hydrogens is 406 g/mol. The van der Waals surface area contributed by atoms with Gasteiger partial charge >= 0.3 is 0 Å². The number of halogens is 1. The second-order valence-electron chi connectivity index (χ2n) is 6.79. The maximum atomic E-state index is 13.1. The van der Waals surface area contributed by atoms with Gasteiger partial charge in [-0.25, -0.2) is 4.98 Å². The molecule has 0 unspecified atom stereocenters. The zero-order valence-corrected chi connectivity index (χ0v) is 17.1. The Hall–Kier alpha value is -3.32. The van der Waals surface area contributed by atoms with Crippen molar-refractivity contribution >= 4 is 23.4 Å². The minimum absolute atomic E-state index is 0.113. The third-order valence-corrected chi connectivity index (χ3v) is 5.41. The van der Waals surface area contributed by atoms with Gasteiger partial charge in [0.15, 0.2) is 17.8 Å². The number of amides is 2. The number of hydrogen-bond acceptors (Lipinski definition) is 5. The van der Waals surface area contributed by atoms with Gasteiger partial charge in [-0.05, 0) is 24.3 Å². The fourth-order valence-electron chi connectivity index (χ4n) is 3.49. The van der Waals surface area contributed by atoms with E-state index in [1.807, 2.05) is 18.2 Å². The Morgan fingerprint density at radius 1 is 0.967 bits per heavy atom. The zero-order chi connectivity index (χ0) is 21.1. The highest BCUT2D eigenvalue weighted by Crippen LogP contribution is 2.30. The first-order valence-electron chi connectivity index (χ1n) is 9.50. The smallest absolute Gasteiger partial charge is 0.276 e. The maximum absolute atomic E-state index is 13.1. The number of piperazine rings is 1. The number of para-hydroxylation sites is 1. The topological polar surface area (TPSA) is 75.9 Å². The summed E-state index contributed by atoms with van der Waals surface area (Å²) in [7, 11) is 1.54. The van der Waals surface area contributed by atoms with Crippen LogP contribution in [0, 0.1) is 0 Å². The fraction of sp³-hybridized carbons (Fsp3) is 0.227. The van der Waals surface area contributed by atoms with Crippen LogP contribution in [0.15, 0.2) is 59.3 Å². The number of rotatable bonds is 4.